The van der Waals surface area contributed by atoms with Gasteiger partial charge in [-0.3, -0.25) is 4.68 Å². The molecule has 0 saturated heterocycles. The van der Waals surface area contributed by atoms with E-state index in [0.717, 1.165) is 0 Å². The molecule has 0 aliphatic heterocycles. The van der Waals surface area contributed by atoms with E-state index in [2.05, 4.69) is 20.1 Å². The Morgan fingerprint density at radius 2 is 2.00 bits per heavy atom. The van der Waals surface area contributed by atoms with Crippen molar-refractivity contribution in [3.63, 3.8) is 0 Å². The smallest absolute Gasteiger partial charge is 0.346 e. The molecule has 0 fully saturated rings. The van der Waals surface area contributed by atoms with Crippen LogP contribution in [-0.2, 0) is 0 Å². The maximum atomic E-state index is 13.2. The maximum Gasteiger partial charge on any atom is 0.453 e. The first-order valence-corrected chi connectivity index (χ1v) is 7.87. The molecular weight excluding hydrogens is 371 g/mol. The summed E-state index contributed by atoms with van der Waals surface area (Å²) in [5, 5.41) is 13.6. The average Bonchev–Trinajstić information content (AvgIpc) is 3.26. The molecule has 0 saturated carbocycles. The molecule has 11 heteroatoms. The number of halogens is 5. The van der Waals surface area contributed by atoms with E-state index < -0.39 is 31.0 Å². The van der Waals surface area contributed by atoms with E-state index in [1.54, 1.807) is 18.3 Å². The molecule has 1 atom stereocenters. The second kappa shape index (κ2) is 6.94. The van der Waals surface area contributed by atoms with Gasteiger partial charge >= 0.3 is 12.1 Å². The molecule has 27 heavy (non-hydrogen) atoms. The van der Waals surface area contributed by atoms with Crippen molar-refractivity contribution in [1.82, 2.24) is 24.7 Å². The van der Waals surface area contributed by atoms with Crippen LogP contribution in [0.3, 0.4) is 0 Å². The Hall–Kier alpha value is -3.03. The Morgan fingerprint density at radius 3 is 2.70 bits per heavy atom. The third kappa shape index (κ3) is 3.74. The van der Waals surface area contributed by atoms with E-state index in [4.69, 9.17) is 5.26 Å². The number of H-pyrrole nitrogens is 1. The molecule has 0 radical (unpaired) electrons. The SMILES string of the molecule is N#CCC(CCC(F)(F)C(F)(F)F)n1cc(-c2ncnc3[nH]ccc23)cn1. The van der Waals surface area contributed by atoms with Gasteiger partial charge in [0, 0.05) is 29.8 Å². The van der Waals surface area contributed by atoms with Crippen molar-refractivity contribution in [2.75, 3.05) is 0 Å². The third-order valence-electron chi connectivity index (χ3n) is 4.14. The standard InChI is InChI=1S/C16H13F5N6/c17-15(18,16(19,20)21)4-1-11(2-5-22)27-8-10(7-26-27)13-12-3-6-23-14(12)25-9-24-13/h3,6-9,11H,1-2,4H2,(H,23,24,25). The van der Waals surface area contributed by atoms with E-state index in [-0.39, 0.29) is 6.42 Å². The quantitative estimate of drug-likeness (QED) is 0.644. The number of rotatable bonds is 6. The highest BCUT2D eigenvalue weighted by molar-refractivity contribution is 5.89. The van der Waals surface area contributed by atoms with E-state index in [9.17, 15) is 22.0 Å². The lowest BCUT2D eigenvalue weighted by atomic mass is 10.0. The fourth-order valence-corrected chi connectivity index (χ4v) is 2.69. The van der Waals surface area contributed by atoms with Crippen molar-refractivity contribution in [3.8, 4) is 17.3 Å². The highest BCUT2D eigenvalue weighted by Crippen LogP contribution is 2.40. The predicted molar refractivity (Wildman–Crippen MR) is 84.6 cm³/mol. The molecule has 0 aromatic carbocycles. The van der Waals surface area contributed by atoms with Gasteiger partial charge in [-0.2, -0.15) is 32.3 Å². The van der Waals surface area contributed by atoms with Gasteiger partial charge in [-0.05, 0) is 12.5 Å². The maximum absolute atomic E-state index is 13.2. The van der Waals surface area contributed by atoms with E-state index in [0.29, 0.717) is 22.3 Å². The molecule has 0 spiro atoms. The van der Waals surface area contributed by atoms with Gasteiger partial charge in [0.05, 0.1) is 30.4 Å². The topological polar surface area (TPSA) is 83.2 Å². The number of nitrogens with one attached hydrogen (secondary N) is 1. The molecule has 1 unspecified atom stereocenters. The summed E-state index contributed by atoms with van der Waals surface area (Å²) in [5.41, 5.74) is 1.66. The van der Waals surface area contributed by atoms with Crippen molar-refractivity contribution >= 4 is 11.0 Å². The van der Waals surface area contributed by atoms with Crippen LogP contribution in [0.4, 0.5) is 22.0 Å². The fourth-order valence-electron chi connectivity index (χ4n) is 2.69. The summed E-state index contributed by atoms with van der Waals surface area (Å²) in [5.74, 6) is -4.82. The first-order valence-electron chi connectivity index (χ1n) is 7.87. The van der Waals surface area contributed by atoms with Crippen molar-refractivity contribution in [1.29, 1.82) is 5.26 Å². The molecule has 0 amide bonds. The average molecular weight is 384 g/mol. The lowest BCUT2D eigenvalue weighted by Crippen LogP contribution is -2.36. The van der Waals surface area contributed by atoms with Crippen LogP contribution in [0.5, 0.6) is 0 Å². The Morgan fingerprint density at radius 1 is 1.22 bits per heavy atom. The summed E-state index contributed by atoms with van der Waals surface area (Å²) in [7, 11) is 0. The molecule has 142 valence electrons. The van der Waals surface area contributed by atoms with Gasteiger partial charge in [-0.15, -0.1) is 0 Å². The minimum atomic E-state index is -5.62. The number of alkyl halides is 5. The Kier molecular flexibility index (Phi) is 4.82. The van der Waals surface area contributed by atoms with Crippen molar-refractivity contribution in [3.05, 3.63) is 31.0 Å². The zero-order chi connectivity index (χ0) is 19.7. The molecule has 3 aromatic heterocycles. The predicted octanol–water partition coefficient (Wildman–Crippen LogP) is 4.25. The highest BCUT2D eigenvalue weighted by Gasteiger charge is 2.56. The van der Waals surface area contributed by atoms with Crippen LogP contribution in [0.25, 0.3) is 22.3 Å². The van der Waals surface area contributed by atoms with Gasteiger partial charge in [0.25, 0.3) is 0 Å². The lowest BCUT2D eigenvalue weighted by molar-refractivity contribution is -0.285. The number of nitrogens with zero attached hydrogens (tertiary/aromatic N) is 5. The van der Waals surface area contributed by atoms with Crippen molar-refractivity contribution < 1.29 is 22.0 Å². The molecule has 0 aliphatic rings. The zero-order valence-corrected chi connectivity index (χ0v) is 13.7. The lowest BCUT2D eigenvalue weighted by Gasteiger charge is -2.22. The van der Waals surface area contributed by atoms with Crippen LogP contribution in [0, 0.1) is 11.3 Å². The summed E-state index contributed by atoms with van der Waals surface area (Å²) in [6.45, 7) is 0. The Balaban J connectivity index is 1.84. The fraction of sp³-hybridized carbons (Fsp3) is 0.375. The second-order valence-corrected chi connectivity index (χ2v) is 5.93. The first-order chi connectivity index (χ1) is 12.7. The largest absolute Gasteiger partial charge is 0.453 e. The summed E-state index contributed by atoms with van der Waals surface area (Å²) < 4.78 is 64.7. The number of hydrogen-bond donors (Lipinski definition) is 1. The molecular formula is C16H13F5N6. The van der Waals surface area contributed by atoms with Crippen molar-refractivity contribution in [2.24, 2.45) is 0 Å². The minimum absolute atomic E-state index is 0.252. The Bertz CT molecular complexity index is 967. The number of aromatic amines is 1. The van der Waals surface area contributed by atoms with Gasteiger partial charge in [0.15, 0.2) is 0 Å². The van der Waals surface area contributed by atoms with E-state index in [1.165, 1.54) is 23.4 Å². The molecule has 0 bridgehead atoms. The van der Waals surface area contributed by atoms with Crippen LogP contribution in [0.15, 0.2) is 31.0 Å². The molecule has 1 N–H and O–H groups in total. The zero-order valence-electron chi connectivity index (χ0n) is 13.7. The van der Waals surface area contributed by atoms with Crippen LogP contribution < -0.4 is 0 Å². The highest BCUT2D eigenvalue weighted by atomic mass is 19.4. The molecule has 3 heterocycles. The van der Waals surface area contributed by atoms with E-state index in [1.807, 2.05) is 0 Å². The summed E-state index contributed by atoms with van der Waals surface area (Å²) in [6.07, 6.45) is -1.95. The van der Waals surface area contributed by atoms with Crippen molar-refractivity contribution in [2.45, 2.75) is 37.4 Å². The van der Waals surface area contributed by atoms with Gasteiger partial charge in [0.2, 0.25) is 0 Å². The Labute approximate surface area is 149 Å². The monoisotopic (exact) mass is 384 g/mol. The van der Waals surface area contributed by atoms with Gasteiger partial charge in [0.1, 0.15) is 12.0 Å². The van der Waals surface area contributed by atoms with Crippen LogP contribution in [-0.4, -0.2) is 36.8 Å². The third-order valence-corrected chi connectivity index (χ3v) is 4.14. The number of nitriles is 1. The number of hydrogen-bond acceptors (Lipinski definition) is 4. The molecule has 3 aromatic rings. The first kappa shape index (κ1) is 18.8. The molecule has 3 rings (SSSR count). The van der Waals surface area contributed by atoms with Gasteiger partial charge in [-0.25, -0.2) is 9.97 Å². The summed E-state index contributed by atoms with van der Waals surface area (Å²) >= 11 is 0. The van der Waals surface area contributed by atoms with Crippen LogP contribution >= 0.6 is 0 Å². The second-order valence-electron chi connectivity index (χ2n) is 5.93. The number of fused-ring (bicyclic) bond motifs is 1. The van der Waals surface area contributed by atoms with Crippen LogP contribution in [0.2, 0.25) is 0 Å². The summed E-state index contributed by atoms with van der Waals surface area (Å²) in [6, 6.07) is 2.63. The van der Waals surface area contributed by atoms with Crippen LogP contribution in [0.1, 0.15) is 25.3 Å². The molecule has 6 nitrogen and oxygen atoms in total. The normalized spacial score (nSPS) is 13.6. The number of aromatic nitrogens is 5. The summed E-state index contributed by atoms with van der Waals surface area (Å²) in [4.78, 5) is 11.1. The van der Waals surface area contributed by atoms with Gasteiger partial charge in [-0.1, -0.05) is 0 Å². The minimum Gasteiger partial charge on any atom is -0.346 e. The van der Waals surface area contributed by atoms with Gasteiger partial charge < -0.3 is 4.98 Å². The van der Waals surface area contributed by atoms with E-state index >= 15 is 0 Å². The molecule has 0 aliphatic carbocycles.